The fourth-order valence-electron chi connectivity index (χ4n) is 0.168. The van der Waals surface area contributed by atoms with E-state index in [1.807, 2.05) is 0 Å². The Morgan fingerprint density at radius 1 is 2.00 bits per heavy atom. The van der Waals surface area contributed by atoms with Crippen molar-refractivity contribution in [3.05, 3.63) is 10.1 Å². The van der Waals surface area contributed by atoms with Crippen molar-refractivity contribution in [2.24, 2.45) is 0 Å². The molecule has 0 saturated heterocycles. The Bertz CT molecular complexity index is 86.6. The Balaban J connectivity index is 3.24. The first-order valence-electron chi connectivity index (χ1n) is 2.12. The van der Waals surface area contributed by atoms with Crippen LogP contribution in [0.5, 0.6) is 0 Å². The fraction of sp³-hybridized carbons (Fsp3) is 1.00. The predicted octanol–water partition coefficient (Wildman–Crippen LogP) is 1.17. The van der Waals surface area contributed by atoms with E-state index in [4.69, 9.17) is 11.6 Å². The zero-order valence-corrected chi connectivity index (χ0v) is 5.09. The van der Waals surface area contributed by atoms with Crippen molar-refractivity contribution in [3.63, 3.8) is 0 Å². The van der Waals surface area contributed by atoms with Gasteiger partial charge in [-0.15, -0.1) is 10.1 Å². The Morgan fingerprint density at radius 3 is 2.62 bits per heavy atom. The number of halogens is 1. The maximum Gasteiger partial charge on any atom is 0.295 e. The molecule has 0 aliphatic rings. The first kappa shape index (κ1) is 7.49. The van der Waals surface area contributed by atoms with Crippen molar-refractivity contribution in [1.82, 2.24) is 0 Å². The summed E-state index contributed by atoms with van der Waals surface area (Å²) in [5.41, 5.74) is -0.801. The van der Waals surface area contributed by atoms with E-state index in [2.05, 4.69) is 4.84 Å². The molecule has 4 nitrogen and oxygen atoms in total. The number of alkyl halides is 1. The highest BCUT2D eigenvalue weighted by atomic mass is 35.5. The van der Waals surface area contributed by atoms with Gasteiger partial charge in [0, 0.05) is 0 Å². The molecule has 0 aromatic heterocycles. The Labute approximate surface area is 51.5 Å². The number of nitrogens with zero attached hydrogens (tertiary/aromatic N) is 1. The van der Waals surface area contributed by atoms with Gasteiger partial charge in [-0.2, -0.15) is 0 Å². The Hall–Kier alpha value is -0.510. The van der Waals surface area contributed by atoms with Gasteiger partial charge < -0.3 is 0 Å². The highest BCUT2D eigenvalue weighted by Gasteiger charge is 2.03. The van der Waals surface area contributed by atoms with Crippen LogP contribution >= 0.6 is 11.6 Å². The molecule has 5 heteroatoms. The molecule has 1 atom stereocenters. The van der Waals surface area contributed by atoms with Crippen molar-refractivity contribution < 1.29 is 9.92 Å². The van der Waals surface area contributed by atoms with E-state index < -0.39 is 10.6 Å². The van der Waals surface area contributed by atoms with Crippen molar-refractivity contribution in [2.45, 2.75) is 18.9 Å². The molecule has 48 valence electrons. The first-order valence-corrected chi connectivity index (χ1v) is 2.55. The highest BCUT2D eigenvalue weighted by molar-refractivity contribution is 6.19. The second-order valence-corrected chi connectivity index (χ2v) is 1.63. The molecule has 0 aliphatic heterocycles. The lowest BCUT2D eigenvalue weighted by molar-refractivity contribution is -0.762. The molecule has 0 N–H and O–H groups in total. The van der Waals surface area contributed by atoms with Crippen LogP contribution in [0, 0.1) is 10.1 Å². The molecular formula is C3H6ClNO3. The van der Waals surface area contributed by atoms with E-state index in [0.717, 1.165) is 0 Å². The minimum absolute atomic E-state index is 0.433. The molecule has 0 bridgehead atoms. The average Bonchev–Trinajstić information content (AvgIpc) is 1.65. The van der Waals surface area contributed by atoms with E-state index in [9.17, 15) is 10.1 Å². The third kappa shape index (κ3) is 3.67. The lowest BCUT2D eigenvalue weighted by atomic mass is 10.5. The topological polar surface area (TPSA) is 52.4 Å². The van der Waals surface area contributed by atoms with Gasteiger partial charge in [0.2, 0.25) is 0 Å². The third-order valence-corrected chi connectivity index (χ3v) is 0.910. The van der Waals surface area contributed by atoms with E-state index in [-0.39, 0.29) is 0 Å². The van der Waals surface area contributed by atoms with E-state index in [1.54, 1.807) is 6.92 Å². The van der Waals surface area contributed by atoms with E-state index in [0.29, 0.717) is 6.42 Å². The van der Waals surface area contributed by atoms with Crippen LogP contribution in [0.4, 0.5) is 0 Å². The summed E-state index contributed by atoms with van der Waals surface area (Å²) >= 11 is 5.20. The molecule has 0 radical (unpaired) electrons. The van der Waals surface area contributed by atoms with Gasteiger partial charge in [-0.1, -0.05) is 18.5 Å². The van der Waals surface area contributed by atoms with Crippen molar-refractivity contribution in [3.8, 4) is 0 Å². The maximum atomic E-state index is 9.47. The molecule has 0 amide bonds. The van der Waals surface area contributed by atoms with Crippen molar-refractivity contribution in [1.29, 1.82) is 0 Å². The van der Waals surface area contributed by atoms with Gasteiger partial charge in [-0.25, -0.2) is 0 Å². The number of rotatable bonds is 3. The van der Waals surface area contributed by atoms with E-state index >= 15 is 0 Å². The minimum atomic E-state index is -0.902. The summed E-state index contributed by atoms with van der Waals surface area (Å²) in [6, 6.07) is 0. The zero-order chi connectivity index (χ0) is 6.57. The summed E-state index contributed by atoms with van der Waals surface area (Å²) in [7, 11) is 0. The second kappa shape index (κ2) is 3.49. The minimum Gasteiger partial charge on any atom is -0.295 e. The van der Waals surface area contributed by atoms with E-state index in [1.165, 1.54) is 0 Å². The van der Waals surface area contributed by atoms with Crippen molar-refractivity contribution >= 4 is 11.6 Å². The number of hydrogen-bond donors (Lipinski definition) is 0. The fourth-order valence-corrected chi connectivity index (χ4v) is 0.233. The van der Waals surface area contributed by atoms with Gasteiger partial charge in [0.05, 0.1) is 0 Å². The van der Waals surface area contributed by atoms with Gasteiger partial charge in [0.15, 0.2) is 5.56 Å². The predicted molar refractivity (Wildman–Crippen MR) is 28.0 cm³/mol. The summed E-state index contributed by atoms with van der Waals surface area (Å²) in [5.74, 6) is 0. The molecule has 0 fully saturated rings. The second-order valence-electron chi connectivity index (χ2n) is 1.15. The Kier molecular flexibility index (Phi) is 3.26. The van der Waals surface area contributed by atoms with Gasteiger partial charge in [0.25, 0.3) is 5.09 Å². The van der Waals surface area contributed by atoms with Crippen LogP contribution in [-0.2, 0) is 4.84 Å². The monoisotopic (exact) mass is 139 g/mol. The summed E-state index contributed by atoms with van der Waals surface area (Å²) in [4.78, 5) is 13.4. The normalized spacial score (nSPS) is 12.8. The van der Waals surface area contributed by atoms with Crippen molar-refractivity contribution in [2.75, 3.05) is 0 Å². The molecule has 1 unspecified atom stereocenters. The maximum absolute atomic E-state index is 9.47. The summed E-state index contributed by atoms with van der Waals surface area (Å²) in [5, 5.41) is 8.57. The number of hydrogen-bond acceptors (Lipinski definition) is 3. The molecule has 0 aromatic rings. The van der Waals surface area contributed by atoms with Gasteiger partial charge in [-0.3, -0.25) is 4.84 Å². The van der Waals surface area contributed by atoms with Crippen LogP contribution in [0.1, 0.15) is 13.3 Å². The standard InChI is InChI=1S/C3H6ClNO3/c1-2-3(4)8-5(6)7/h3H,2H2,1H3. The average molecular weight is 140 g/mol. The van der Waals surface area contributed by atoms with Crippen LogP contribution in [0.3, 0.4) is 0 Å². The smallest absolute Gasteiger partial charge is 0.295 e. The van der Waals surface area contributed by atoms with Crippen LogP contribution in [0.15, 0.2) is 0 Å². The van der Waals surface area contributed by atoms with Gasteiger partial charge >= 0.3 is 0 Å². The highest BCUT2D eigenvalue weighted by Crippen LogP contribution is 2.01. The molecule has 0 aliphatic carbocycles. The molecule has 0 aromatic carbocycles. The molecule has 0 spiro atoms. The summed E-state index contributed by atoms with van der Waals surface area (Å²) in [6.45, 7) is 1.70. The van der Waals surface area contributed by atoms with Crippen LogP contribution < -0.4 is 0 Å². The molecule has 0 rings (SSSR count). The van der Waals surface area contributed by atoms with Crippen LogP contribution in [0.25, 0.3) is 0 Å². The quantitative estimate of drug-likeness (QED) is 0.335. The van der Waals surface area contributed by atoms with Gasteiger partial charge in [-0.05, 0) is 6.42 Å². The third-order valence-electron chi connectivity index (χ3n) is 0.521. The zero-order valence-electron chi connectivity index (χ0n) is 4.33. The lowest BCUT2D eigenvalue weighted by Gasteiger charge is -1.99. The first-order chi connectivity index (χ1) is 3.66. The largest absolute Gasteiger partial charge is 0.295 e. The molecule has 8 heavy (non-hydrogen) atoms. The summed E-state index contributed by atoms with van der Waals surface area (Å²) in [6.07, 6.45) is 0.433. The van der Waals surface area contributed by atoms with Crippen LogP contribution in [-0.4, -0.2) is 10.6 Å². The Morgan fingerprint density at radius 2 is 2.50 bits per heavy atom. The summed E-state index contributed by atoms with van der Waals surface area (Å²) < 4.78 is 0. The van der Waals surface area contributed by atoms with Crippen LogP contribution in [0.2, 0.25) is 0 Å². The SMILES string of the molecule is CCC(Cl)O[N+](=O)[O-]. The molecule has 0 saturated carbocycles. The van der Waals surface area contributed by atoms with Gasteiger partial charge in [0.1, 0.15) is 0 Å². The molecular weight excluding hydrogens is 133 g/mol. The molecule has 0 heterocycles. The lowest BCUT2D eigenvalue weighted by Crippen LogP contribution is -2.08.